The van der Waals surface area contributed by atoms with Crippen molar-refractivity contribution in [2.45, 2.75) is 26.1 Å². The number of aromatic nitrogens is 1. The molecule has 0 aliphatic rings. The monoisotopic (exact) mass is 219 g/mol. The van der Waals surface area contributed by atoms with Crippen LogP contribution in [-0.2, 0) is 12.3 Å². The summed E-state index contributed by atoms with van der Waals surface area (Å²) in [6.45, 7) is 5.40. The molecule has 1 aromatic heterocycles. The molecular weight excluding hydrogens is 202 g/mol. The summed E-state index contributed by atoms with van der Waals surface area (Å²) in [6.07, 6.45) is 4.45. The van der Waals surface area contributed by atoms with Crippen molar-refractivity contribution in [3.05, 3.63) is 35.5 Å². The van der Waals surface area contributed by atoms with Crippen molar-refractivity contribution in [1.82, 2.24) is 4.57 Å². The predicted molar refractivity (Wildman–Crippen MR) is 69.6 cm³/mol. The van der Waals surface area contributed by atoms with Crippen LogP contribution < -0.4 is 0 Å². The molecule has 2 aromatic rings. The molecule has 0 saturated heterocycles. The average Bonchev–Trinajstić information content (AvgIpc) is 2.56. The number of aryl methyl sites for hydroxylation is 2. The van der Waals surface area contributed by atoms with Crippen LogP contribution in [0.5, 0.6) is 0 Å². The highest BCUT2D eigenvalue weighted by atomic mass is 32.2. The van der Waals surface area contributed by atoms with Crippen LogP contribution in [0.2, 0.25) is 0 Å². The molecule has 0 bridgehead atoms. The molecule has 0 unspecified atom stereocenters. The van der Waals surface area contributed by atoms with Gasteiger partial charge in [-0.15, -0.1) is 0 Å². The maximum atomic E-state index is 2.34. The molecule has 80 valence electrons. The van der Waals surface area contributed by atoms with Crippen LogP contribution in [0.4, 0.5) is 0 Å². The van der Waals surface area contributed by atoms with Gasteiger partial charge in [-0.3, -0.25) is 0 Å². The van der Waals surface area contributed by atoms with E-state index in [2.05, 4.69) is 49.1 Å². The van der Waals surface area contributed by atoms with Gasteiger partial charge in [0.1, 0.15) is 0 Å². The zero-order chi connectivity index (χ0) is 10.8. The molecular formula is C13H17NS. The summed E-state index contributed by atoms with van der Waals surface area (Å²) in [5.41, 5.74) is 4.17. The van der Waals surface area contributed by atoms with Gasteiger partial charge in [-0.05, 0) is 37.3 Å². The maximum absolute atomic E-state index is 2.34. The Morgan fingerprint density at radius 3 is 2.80 bits per heavy atom. The second-order valence-corrected chi connectivity index (χ2v) is 4.76. The highest BCUT2D eigenvalue weighted by Crippen LogP contribution is 2.25. The van der Waals surface area contributed by atoms with Gasteiger partial charge in [0.15, 0.2) is 0 Å². The number of nitrogens with zero attached hydrogens (tertiary/aromatic N) is 1. The fraction of sp³-hybridized carbons (Fsp3) is 0.385. The van der Waals surface area contributed by atoms with Crippen LogP contribution in [0.15, 0.2) is 24.4 Å². The summed E-state index contributed by atoms with van der Waals surface area (Å²) in [5, 5.41) is 1.41. The van der Waals surface area contributed by atoms with Gasteiger partial charge < -0.3 is 4.57 Å². The molecule has 0 fully saturated rings. The third-order valence-electron chi connectivity index (χ3n) is 2.76. The summed E-state index contributed by atoms with van der Waals surface area (Å²) in [5.74, 6) is 1.10. The lowest BCUT2D eigenvalue weighted by atomic mass is 10.1. The van der Waals surface area contributed by atoms with Crippen LogP contribution in [0.3, 0.4) is 0 Å². The number of hydrogen-bond donors (Lipinski definition) is 0. The van der Waals surface area contributed by atoms with Crippen molar-refractivity contribution in [3.8, 4) is 0 Å². The normalized spacial score (nSPS) is 11.1. The van der Waals surface area contributed by atoms with Crippen molar-refractivity contribution < 1.29 is 0 Å². The molecule has 2 rings (SSSR count). The lowest BCUT2D eigenvalue weighted by molar-refractivity contribution is 0.794. The molecule has 0 atom stereocenters. The van der Waals surface area contributed by atoms with E-state index in [1.54, 1.807) is 0 Å². The molecule has 0 N–H and O–H groups in total. The Morgan fingerprint density at radius 1 is 1.33 bits per heavy atom. The Bertz CT molecular complexity index is 471. The zero-order valence-electron chi connectivity index (χ0n) is 9.58. The SMILES string of the molecule is CCn1cc(CSC)c2ccc(C)cc21. The lowest BCUT2D eigenvalue weighted by Gasteiger charge is -2.00. The van der Waals surface area contributed by atoms with E-state index in [4.69, 9.17) is 0 Å². The molecule has 0 aliphatic carbocycles. The van der Waals surface area contributed by atoms with Gasteiger partial charge in [0.05, 0.1) is 0 Å². The first-order chi connectivity index (χ1) is 7.26. The second kappa shape index (κ2) is 4.31. The van der Waals surface area contributed by atoms with E-state index >= 15 is 0 Å². The summed E-state index contributed by atoms with van der Waals surface area (Å²) < 4.78 is 2.34. The van der Waals surface area contributed by atoms with Crippen LogP contribution in [0.1, 0.15) is 18.1 Å². The molecule has 15 heavy (non-hydrogen) atoms. The van der Waals surface area contributed by atoms with Crippen molar-refractivity contribution >= 4 is 22.7 Å². The van der Waals surface area contributed by atoms with E-state index in [0.29, 0.717) is 0 Å². The smallest absolute Gasteiger partial charge is 0.0486 e. The fourth-order valence-corrected chi connectivity index (χ4v) is 2.55. The van der Waals surface area contributed by atoms with Crippen molar-refractivity contribution in [2.75, 3.05) is 6.26 Å². The molecule has 0 saturated carbocycles. The van der Waals surface area contributed by atoms with E-state index in [-0.39, 0.29) is 0 Å². The van der Waals surface area contributed by atoms with Gasteiger partial charge >= 0.3 is 0 Å². The molecule has 1 nitrogen and oxygen atoms in total. The Balaban J connectivity index is 2.64. The van der Waals surface area contributed by atoms with Gasteiger partial charge in [-0.1, -0.05) is 12.1 Å². The number of thioether (sulfide) groups is 1. The maximum Gasteiger partial charge on any atom is 0.0486 e. The van der Waals surface area contributed by atoms with Crippen molar-refractivity contribution in [1.29, 1.82) is 0 Å². The largest absolute Gasteiger partial charge is 0.347 e. The predicted octanol–water partition coefficient (Wildman–Crippen LogP) is 3.83. The molecule has 0 aliphatic heterocycles. The highest BCUT2D eigenvalue weighted by Gasteiger charge is 2.06. The Morgan fingerprint density at radius 2 is 2.13 bits per heavy atom. The quantitative estimate of drug-likeness (QED) is 0.759. The third kappa shape index (κ3) is 1.91. The lowest BCUT2D eigenvalue weighted by Crippen LogP contribution is -1.90. The summed E-state index contributed by atoms with van der Waals surface area (Å²) in [7, 11) is 0. The number of benzene rings is 1. The van der Waals surface area contributed by atoms with E-state index in [1.807, 2.05) is 11.8 Å². The fourth-order valence-electron chi connectivity index (χ4n) is 2.01. The Hall–Kier alpha value is -0.890. The van der Waals surface area contributed by atoms with Crippen LogP contribution >= 0.6 is 11.8 Å². The average molecular weight is 219 g/mol. The minimum atomic E-state index is 1.05. The molecule has 0 radical (unpaired) electrons. The van der Waals surface area contributed by atoms with Gasteiger partial charge in [0, 0.05) is 29.4 Å². The van der Waals surface area contributed by atoms with Gasteiger partial charge in [0.25, 0.3) is 0 Å². The van der Waals surface area contributed by atoms with Gasteiger partial charge in [-0.2, -0.15) is 11.8 Å². The molecule has 0 spiro atoms. The summed E-state index contributed by atoms with van der Waals surface area (Å²) >= 11 is 1.88. The molecule has 2 heteroatoms. The Labute approximate surface area is 95.5 Å². The van der Waals surface area contributed by atoms with E-state index in [0.717, 1.165) is 12.3 Å². The van der Waals surface area contributed by atoms with Crippen LogP contribution in [0, 0.1) is 6.92 Å². The van der Waals surface area contributed by atoms with E-state index in [9.17, 15) is 0 Å². The van der Waals surface area contributed by atoms with Crippen molar-refractivity contribution in [3.63, 3.8) is 0 Å². The molecule has 1 aromatic carbocycles. The topological polar surface area (TPSA) is 4.93 Å². The van der Waals surface area contributed by atoms with Crippen LogP contribution in [-0.4, -0.2) is 10.8 Å². The minimum Gasteiger partial charge on any atom is -0.347 e. The first-order valence-electron chi connectivity index (χ1n) is 5.33. The summed E-state index contributed by atoms with van der Waals surface area (Å²) in [6, 6.07) is 6.73. The third-order valence-corrected chi connectivity index (χ3v) is 3.36. The minimum absolute atomic E-state index is 1.05. The Kier molecular flexibility index (Phi) is 3.06. The standard InChI is InChI=1S/C13H17NS/c1-4-14-8-11(9-15-3)12-6-5-10(2)7-13(12)14/h5-8H,4,9H2,1-3H3. The number of hydrogen-bond acceptors (Lipinski definition) is 1. The highest BCUT2D eigenvalue weighted by molar-refractivity contribution is 7.97. The van der Waals surface area contributed by atoms with Crippen LogP contribution in [0.25, 0.3) is 10.9 Å². The van der Waals surface area contributed by atoms with E-state index < -0.39 is 0 Å². The number of rotatable bonds is 3. The second-order valence-electron chi connectivity index (χ2n) is 3.89. The van der Waals surface area contributed by atoms with Gasteiger partial charge in [0.2, 0.25) is 0 Å². The molecule has 0 amide bonds. The van der Waals surface area contributed by atoms with Crippen molar-refractivity contribution in [2.24, 2.45) is 0 Å². The van der Waals surface area contributed by atoms with E-state index in [1.165, 1.54) is 22.0 Å². The summed E-state index contributed by atoms with van der Waals surface area (Å²) in [4.78, 5) is 0. The molecule has 1 heterocycles. The first kappa shape index (κ1) is 10.6. The first-order valence-corrected chi connectivity index (χ1v) is 6.73. The zero-order valence-corrected chi connectivity index (χ0v) is 10.4. The van der Waals surface area contributed by atoms with Gasteiger partial charge in [-0.25, -0.2) is 0 Å². The number of fused-ring (bicyclic) bond motifs is 1.